The molecule has 3 rings (SSSR count). The van der Waals surface area contributed by atoms with Gasteiger partial charge >= 0.3 is 0 Å². The molecule has 0 heterocycles. The van der Waals surface area contributed by atoms with Gasteiger partial charge in [-0.2, -0.15) is 0 Å². The van der Waals surface area contributed by atoms with Gasteiger partial charge in [0.1, 0.15) is 0 Å². The summed E-state index contributed by atoms with van der Waals surface area (Å²) in [5.74, 6) is 0.462. The van der Waals surface area contributed by atoms with Crippen molar-refractivity contribution >= 4 is 0 Å². The molecule has 0 saturated carbocycles. The summed E-state index contributed by atoms with van der Waals surface area (Å²) >= 11 is 0. The Morgan fingerprint density at radius 3 is 2.95 bits per heavy atom. The van der Waals surface area contributed by atoms with E-state index in [1.165, 1.54) is 41.6 Å². The molecule has 0 fully saturated rings. The molecular weight excluding hydrogens is 242 g/mol. The second-order valence-corrected chi connectivity index (χ2v) is 5.94. The third kappa shape index (κ3) is 2.78. The smallest absolute Gasteiger partial charge is 0.0105 e. The summed E-state index contributed by atoms with van der Waals surface area (Å²) in [5, 5.41) is 0. The van der Waals surface area contributed by atoms with E-state index >= 15 is 0 Å². The number of nitrogens with two attached hydrogens (primary N) is 1. The highest BCUT2D eigenvalue weighted by atomic mass is 14.6. The van der Waals surface area contributed by atoms with Crippen molar-refractivity contribution in [3.8, 4) is 0 Å². The first kappa shape index (κ1) is 13.4. The van der Waals surface area contributed by atoms with Gasteiger partial charge in [-0.1, -0.05) is 61.1 Å². The molecule has 3 aliphatic carbocycles. The molecule has 2 atom stereocenters. The molecule has 0 radical (unpaired) electrons. The van der Waals surface area contributed by atoms with Crippen LogP contribution in [0.3, 0.4) is 0 Å². The number of hydrogen-bond donors (Lipinski definition) is 1. The van der Waals surface area contributed by atoms with Crippen LogP contribution in [0.5, 0.6) is 0 Å². The second-order valence-electron chi connectivity index (χ2n) is 5.94. The van der Waals surface area contributed by atoms with Crippen molar-refractivity contribution in [2.24, 2.45) is 11.7 Å². The zero-order chi connectivity index (χ0) is 13.9. The Morgan fingerprint density at radius 1 is 1.20 bits per heavy atom. The van der Waals surface area contributed by atoms with Crippen LogP contribution in [0.4, 0.5) is 0 Å². The fourth-order valence-electron chi connectivity index (χ4n) is 3.29. The van der Waals surface area contributed by atoms with Gasteiger partial charge in [0.25, 0.3) is 0 Å². The Bertz CT molecular complexity index is 554. The van der Waals surface area contributed by atoms with E-state index in [0.29, 0.717) is 5.92 Å². The molecule has 0 spiro atoms. The van der Waals surface area contributed by atoms with Crippen LogP contribution >= 0.6 is 0 Å². The lowest BCUT2D eigenvalue weighted by Crippen LogP contribution is -2.29. The lowest BCUT2D eigenvalue weighted by molar-refractivity contribution is 0.442. The van der Waals surface area contributed by atoms with Gasteiger partial charge in [0.05, 0.1) is 0 Å². The van der Waals surface area contributed by atoms with Crippen molar-refractivity contribution in [2.45, 2.75) is 38.1 Å². The van der Waals surface area contributed by atoms with Crippen LogP contribution in [-0.4, -0.2) is 6.04 Å². The largest absolute Gasteiger partial charge is 0.327 e. The molecule has 2 bridgehead atoms. The third-order valence-corrected chi connectivity index (χ3v) is 4.55. The molecule has 3 aliphatic rings. The van der Waals surface area contributed by atoms with E-state index in [2.05, 4.69) is 43.0 Å². The first-order valence-electron chi connectivity index (χ1n) is 7.67. The number of allylic oxidation sites excluding steroid dienone is 10. The van der Waals surface area contributed by atoms with E-state index in [1.54, 1.807) is 0 Å². The highest BCUT2D eigenvalue weighted by Gasteiger charge is 2.30. The van der Waals surface area contributed by atoms with Crippen LogP contribution in [-0.2, 0) is 0 Å². The fourth-order valence-corrected chi connectivity index (χ4v) is 3.29. The van der Waals surface area contributed by atoms with Crippen molar-refractivity contribution in [1.82, 2.24) is 0 Å². The number of hydrogen-bond acceptors (Lipinski definition) is 1. The van der Waals surface area contributed by atoms with Gasteiger partial charge < -0.3 is 5.73 Å². The normalized spacial score (nSPS) is 35.2. The summed E-state index contributed by atoms with van der Waals surface area (Å²) in [6.45, 7) is 3.92. The topological polar surface area (TPSA) is 26.0 Å². The second kappa shape index (κ2) is 5.80. The minimum atomic E-state index is 0.285. The minimum absolute atomic E-state index is 0.285. The predicted octanol–water partition coefficient (Wildman–Crippen LogP) is 4.37. The Balaban J connectivity index is 1.94. The van der Waals surface area contributed by atoms with E-state index in [1.807, 2.05) is 6.08 Å². The van der Waals surface area contributed by atoms with E-state index in [0.717, 1.165) is 12.8 Å². The Morgan fingerprint density at radius 2 is 2.10 bits per heavy atom. The Hall–Kier alpha value is -1.60. The Labute approximate surface area is 121 Å². The third-order valence-electron chi connectivity index (χ3n) is 4.55. The molecule has 0 aromatic heterocycles. The fraction of sp³-hybridized carbons (Fsp3) is 0.368. The standard InChI is InChI=1S/C19H23N/c1-2-16-17-10-5-3-4-8-14-9-6-7-11-19(20)15(12-14)13-18(16)17/h2-5,8,10,12,15,19H,1,6-7,9,11,13,20H2/b5-3-,8-4-,14-12?,17-10+. The van der Waals surface area contributed by atoms with Crippen LogP contribution in [0.25, 0.3) is 0 Å². The molecule has 104 valence electrons. The quantitative estimate of drug-likeness (QED) is 0.748. The Kier molecular flexibility index (Phi) is 3.88. The van der Waals surface area contributed by atoms with E-state index < -0.39 is 0 Å². The van der Waals surface area contributed by atoms with Crippen molar-refractivity contribution in [2.75, 3.05) is 0 Å². The highest BCUT2D eigenvalue weighted by molar-refractivity contribution is 5.72. The molecule has 0 aliphatic heterocycles. The van der Waals surface area contributed by atoms with Crippen LogP contribution in [0.1, 0.15) is 32.1 Å². The molecule has 2 N–H and O–H groups in total. The molecule has 1 nitrogen and oxygen atoms in total. The van der Waals surface area contributed by atoms with Gasteiger partial charge in [0.15, 0.2) is 0 Å². The average Bonchev–Trinajstić information content (AvgIpc) is 3.10. The lowest BCUT2D eigenvalue weighted by Gasteiger charge is -2.23. The van der Waals surface area contributed by atoms with E-state index in [4.69, 9.17) is 5.73 Å². The maximum atomic E-state index is 6.42. The average molecular weight is 265 g/mol. The molecule has 0 aromatic rings. The summed E-state index contributed by atoms with van der Waals surface area (Å²) in [6, 6.07) is 0.285. The van der Waals surface area contributed by atoms with Crippen molar-refractivity contribution < 1.29 is 0 Å². The zero-order valence-electron chi connectivity index (χ0n) is 12.0. The molecule has 0 saturated heterocycles. The first-order chi connectivity index (χ1) is 9.79. The summed E-state index contributed by atoms with van der Waals surface area (Å²) in [6.07, 6.45) is 21.1. The van der Waals surface area contributed by atoms with Crippen molar-refractivity contribution in [3.63, 3.8) is 0 Å². The van der Waals surface area contributed by atoms with Crippen LogP contribution < -0.4 is 5.73 Å². The molecule has 1 heteroatoms. The van der Waals surface area contributed by atoms with Crippen LogP contribution in [0, 0.1) is 5.92 Å². The van der Waals surface area contributed by atoms with Crippen molar-refractivity contribution in [1.29, 1.82) is 0 Å². The molecule has 0 amide bonds. The summed E-state index contributed by atoms with van der Waals surface area (Å²) in [5.41, 5.74) is 12.0. The van der Waals surface area contributed by atoms with E-state index in [-0.39, 0.29) is 6.04 Å². The SMILES string of the molecule is C=CC1=C2CC3C=C(\C=C/C=C\C=C1\2)CCCCC3N. The van der Waals surface area contributed by atoms with E-state index in [9.17, 15) is 0 Å². The summed E-state index contributed by atoms with van der Waals surface area (Å²) < 4.78 is 0. The zero-order valence-corrected chi connectivity index (χ0v) is 12.0. The van der Waals surface area contributed by atoms with Crippen LogP contribution in [0.2, 0.25) is 0 Å². The summed E-state index contributed by atoms with van der Waals surface area (Å²) in [7, 11) is 0. The van der Waals surface area contributed by atoms with Crippen LogP contribution in [0.15, 0.2) is 71.4 Å². The molecule has 0 aromatic carbocycles. The number of rotatable bonds is 1. The van der Waals surface area contributed by atoms with Gasteiger partial charge in [-0.15, -0.1) is 0 Å². The molecule has 2 unspecified atom stereocenters. The van der Waals surface area contributed by atoms with Gasteiger partial charge in [-0.25, -0.2) is 0 Å². The first-order valence-corrected chi connectivity index (χ1v) is 7.67. The van der Waals surface area contributed by atoms with Gasteiger partial charge in [0, 0.05) is 6.04 Å². The van der Waals surface area contributed by atoms with Gasteiger partial charge in [0.2, 0.25) is 0 Å². The lowest BCUT2D eigenvalue weighted by atomic mass is 9.86. The van der Waals surface area contributed by atoms with Crippen molar-refractivity contribution in [3.05, 3.63) is 71.4 Å². The maximum absolute atomic E-state index is 6.42. The summed E-state index contributed by atoms with van der Waals surface area (Å²) in [4.78, 5) is 0. The molecule has 20 heavy (non-hydrogen) atoms. The van der Waals surface area contributed by atoms with Gasteiger partial charge in [-0.3, -0.25) is 0 Å². The maximum Gasteiger partial charge on any atom is 0.0105 e. The highest BCUT2D eigenvalue weighted by Crippen LogP contribution is 2.44. The van der Waals surface area contributed by atoms with Gasteiger partial charge in [-0.05, 0) is 48.3 Å². The molecular formula is C19H23N. The monoisotopic (exact) mass is 265 g/mol. The minimum Gasteiger partial charge on any atom is -0.327 e. The number of fused-ring (bicyclic) bond motifs is 2. The predicted molar refractivity (Wildman–Crippen MR) is 86.2 cm³/mol.